The lowest BCUT2D eigenvalue weighted by Crippen LogP contribution is -2.47. The summed E-state index contributed by atoms with van der Waals surface area (Å²) in [6.45, 7) is 6.00. The van der Waals surface area contributed by atoms with E-state index < -0.39 is 5.91 Å². The van der Waals surface area contributed by atoms with Crippen LogP contribution in [0.25, 0.3) is 0 Å². The van der Waals surface area contributed by atoms with Gasteiger partial charge in [0.1, 0.15) is 11.6 Å². The van der Waals surface area contributed by atoms with Crippen molar-refractivity contribution in [3.8, 4) is 6.07 Å². The molecule has 2 amide bonds. The molecule has 0 aliphatic carbocycles. The number of anilines is 1. The van der Waals surface area contributed by atoms with Crippen LogP contribution in [0.1, 0.15) is 18.1 Å². The van der Waals surface area contributed by atoms with Crippen LogP contribution in [0, 0.1) is 18.3 Å². The Balaban J connectivity index is 2.07. The lowest BCUT2D eigenvalue weighted by atomic mass is 10.1. The number of para-hydroxylation sites is 1. The second kappa shape index (κ2) is 8.90. The minimum absolute atomic E-state index is 0.0434. The Kier molecular flexibility index (Phi) is 6.61. The van der Waals surface area contributed by atoms with E-state index in [0.29, 0.717) is 26.2 Å². The summed E-state index contributed by atoms with van der Waals surface area (Å²) in [7, 11) is 1.35. The van der Waals surface area contributed by atoms with Gasteiger partial charge in [0, 0.05) is 38.1 Å². The first kappa shape index (κ1) is 19.3. The average molecular weight is 356 g/mol. The number of amides is 2. The zero-order valence-electron chi connectivity index (χ0n) is 15.4. The van der Waals surface area contributed by atoms with Crippen molar-refractivity contribution in [2.24, 2.45) is 0 Å². The number of methoxy groups -OCH3 is 1. The molecule has 1 heterocycles. The van der Waals surface area contributed by atoms with Crippen LogP contribution >= 0.6 is 0 Å². The Morgan fingerprint density at radius 2 is 2.00 bits per heavy atom. The van der Waals surface area contributed by atoms with Crippen LogP contribution in [-0.2, 0) is 16.0 Å². The van der Waals surface area contributed by atoms with Crippen molar-refractivity contribution in [2.75, 3.05) is 38.6 Å². The second-order valence-electron chi connectivity index (χ2n) is 6.06. The fourth-order valence-corrected chi connectivity index (χ4v) is 2.87. The number of benzene rings is 1. The van der Waals surface area contributed by atoms with E-state index in [1.54, 1.807) is 11.1 Å². The van der Waals surface area contributed by atoms with Gasteiger partial charge in [0.15, 0.2) is 0 Å². The molecule has 1 N–H and O–H groups in total. The first-order chi connectivity index (χ1) is 12.5. The first-order valence-corrected chi connectivity index (χ1v) is 8.58. The number of aryl methyl sites for hydroxylation is 2. The smallest absolute Gasteiger partial charge is 0.409 e. The number of hydrogen-bond acceptors (Lipinski definition) is 5. The van der Waals surface area contributed by atoms with Crippen LogP contribution in [0.3, 0.4) is 0 Å². The highest BCUT2D eigenvalue weighted by atomic mass is 16.5. The topological polar surface area (TPSA) is 85.7 Å². The van der Waals surface area contributed by atoms with Gasteiger partial charge in [-0.2, -0.15) is 5.26 Å². The standard InChI is InChI=1S/C19H24N4O3/c1-4-15-7-5-6-14(2)17(15)21-18(24)16(12-20)13-22-8-10-23(11-9-22)19(25)26-3/h5-7,13H,4,8-11H2,1-3H3,(H,21,24)/b16-13-. The van der Waals surface area contributed by atoms with Gasteiger partial charge in [-0.1, -0.05) is 25.1 Å². The molecule has 1 fully saturated rings. The van der Waals surface area contributed by atoms with Crippen LogP contribution in [0.15, 0.2) is 30.0 Å². The van der Waals surface area contributed by atoms with E-state index in [0.717, 1.165) is 23.2 Å². The normalized spacial score (nSPS) is 14.6. The van der Waals surface area contributed by atoms with E-state index in [1.165, 1.54) is 7.11 Å². The molecular formula is C19H24N4O3. The molecule has 1 saturated heterocycles. The van der Waals surface area contributed by atoms with E-state index in [4.69, 9.17) is 4.74 Å². The largest absolute Gasteiger partial charge is 0.453 e. The number of carbonyl (C=O) groups is 2. The summed E-state index contributed by atoms with van der Waals surface area (Å²) in [5.41, 5.74) is 2.79. The molecule has 138 valence electrons. The molecule has 7 nitrogen and oxygen atoms in total. The highest BCUT2D eigenvalue weighted by Crippen LogP contribution is 2.21. The number of ether oxygens (including phenoxy) is 1. The van der Waals surface area contributed by atoms with E-state index in [2.05, 4.69) is 5.32 Å². The summed E-state index contributed by atoms with van der Waals surface area (Å²) in [6, 6.07) is 7.81. The van der Waals surface area contributed by atoms with Crippen molar-refractivity contribution < 1.29 is 14.3 Å². The number of rotatable bonds is 4. The quantitative estimate of drug-likeness (QED) is 0.661. The molecule has 1 aromatic carbocycles. The van der Waals surface area contributed by atoms with Gasteiger partial charge in [-0.3, -0.25) is 4.79 Å². The Labute approximate surface area is 153 Å². The van der Waals surface area contributed by atoms with Gasteiger partial charge in [0.25, 0.3) is 5.91 Å². The number of hydrogen-bond donors (Lipinski definition) is 1. The number of nitriles is 1. The van der Waals surface area contributed by atoms with E-state index >= 15 is 0 Å². The van der Waals surface area contributed by atoms with Crippen molar-refractivity contribution in [2.45, 2.75) is 20.3 Å². The van der Waals surface area contributed by atoms with Gasteiger partial charge in [-0.15, -0.1) is 0 Å². The minimum atomic E-state index is -0.424. The molecular weight excluding hydrogens is 332 g/mol. The van der Waals surface area contributed by atoms with Gasteiger partial charge >= 0.3 is 6.09 Å². The lowest BCUT2D eigenvalue weighted by Gasteiger charge is -2.33. The minimum Gasteiger partial charge on any atom is -0.453 e. The summed E-state index contributed by atoms with van der Waals surface area (Å²) in [5, 5.41) is 12.3. The number of carbonyl (C=O) groups excluding carboxylic acids is 2. The maximum absolute atomic E-state index is 12.5. The predicted octanol–water partition coefficient (Wildman–Crippen LogP) is 2.29. The van der Waals surface area contributed by atoms with Crippen molar-refractivity contribution in [3.63, 3.8) is 0 Å². The fourth-order valence-electron chi connectivity index (χ4n) is 2.87. The van der Waals surface area contributed by atoms with Crippen LogP contribution in [0.2, 0.25) is 0 Å². The number of nitrogens with zero attached hydrogens (tertiary/aromatic N) is 3. The molecule has 1 aliphatic heterocycles. The van der Waals surface area contributed by atoms with Crippen molar-refractivity contribution >= 4 is 17.7 Å². The third-order valence-corrected chi connectivity index (χ3v) is 4.40. The molecule has 0 radical (unpaired) electrons. The zero-order chi connectivity index (χ0) is 19.1. The van der Waals surface area contributed by atoms with Crippen LogP contribution in [0.4, 0.5) is 10.5 Å². The molecule has 0 saturated carbocycles. The van der Waals surface area contributed by atoms with Crippen molar-refractivity contribution in [3.05, 3.63) is 41.1 Å². The summed E-state index contributed by atoms with van der Waals surface area (Å²) in [4.78, 5) is 27.5. The SMILES string of the molecule is CCc1cccc(C)c1NC(=O)/C(C#N)=C\N1CCN(C(=O)OC)CC1. The molecule has 26 heavy (non-hydrogen) atoms. The molecule has 0 spiro atoms. The van der Waals surface area contributed by atoms with E-state index in [1.807, 2.05) is 43.0 Å². The molecule has 0 atom stereocenters. The highest BCUT2D eigenvalue weighted by Gasteiger charge is 2.21. The second-order valence-corrected chi connectivity index (χ2v) is 6.06. The molecule has 1 aliphatic rings. The number of piperazine rings is 1. The summed E-state index contributed by atoms with van der Waals surface area (Å²) < 4.78 is 4.70. The Morgan fingerprint density at radius 1 is 1.31 bits per heavy atom. The average Bonchev–Trinajstić information content (AvgIpc) is 2.67. The van der Waals surface area contributed by atoms with Crippen molar-refractivity contribution in [1.29, 1.82) is 5.26 Å². The molecule has 2 rings (SSSR count). The molecule has 1 aromatic rings. The molecule has 0 bridgehead atoms. The number of nitrogens with one attached hydrogen (secondary N) is 1. The molecule has 7 heteroatoms. The first-order valence-electron chi connectivity index (χ1n) is 8.58. The molecule has 0 aromatic heterocycles. The maximum atomic E-state index is 12.5. The summed E-state index contributed by atoms with van der Waals surface area (Å²) in [6.07, 6.45) is 1.99. The lowest BCUT2D eigenvalue weighted by molar-refractivity contribution is -0.112. The fraction of sp³-hybridized carbons (Fsp3) is 0.421. The van der Waals surface area contributed by atoms with Gasteiger partial charge in [0.05, 0.1) is 7.11 Å². The van der Waals surface area contributed by atoms with E-state index in [-0.39, 0.29) is 11.7 Å². The van der Waals surface area contributed by atoms with Crippen LogP contribution < -0.4 is 5.32 Å². The third kappa shape index (κ3) is 4.54. The van der Waals surface area contributed by atoms with Crippen LogP contribution in [0.5, 0.6) is 0 Å². The maximum Gasteiger partial charge on any atom is 0.409 e. The highest BCUT2D eigenvalue weighted by molar-refractivity contribution is 6.07. The monoisotopic (exact) mass is 356 g/mol. The van der Waals surface area contributed by atoms with E-state index in [9.17, 15) is 14.9 Å². The molecule has 0 unspecified atom stereocenters. The third-order valence-electron chi connectivity index (χ3n) is 4.40. The summed E-state index contributed by atoms with van der Waals surface area (Å²) >= 11 is 0. The van der Waals surface area contributed by atoms with Gasteiger partial charge in [-0.25, -0.2) is 4.79 Å². The van der Waals surface area contributed by atoms with Crippen LogP contribution in [-0.4, -0.2) is 55.1 Å². The van der Waals surface area contributed by atoms with Gasteiger partial charge < -0.3 is 19.9 Å². The zero-order valence-corrected chi connectivity index (χ0v) is 15.4. The Bertz CT molecular complexity index is 744. The Hall–Kier alpha value is -3.01. The van der Waals surface area contributed by atoms with Crippen molar-refractivity contribution in [1.82, 2.24) is 9.80 Å². The Morgan fingerprint density at radius 3 is 2.58 bits per heavy atom. The predicted molar refractivity (Wildman–Crippen MR) is 98.4 cm³/mol. The summed E-state index contributed by atoms with van der Waals surface area (Å²) in [5.74, 6) is -0.424. The van der Waals surface area contributed by atoms with Gasteiger partial charge in [-0.05, 0) is 24.5 Å². The van der Waals surface area contributed by atoms with Gasteiger partial charge in [0.2, 0.25) is 0 Å².